The van der Waals surface area contributed by atoms with Gasteiger partial charge in [-0.25, -0.2) is 0 Å². The summed E-state index contributed by atoms with van der Waals surface area (Å²) in [5.74, 6) is 0.718. The highest BCUT2D eigenvalue weighted by Gasteiger charge is 2.21. The molecule has 0 heterocycles. The molecule has 0 aliphatic heterocycles. The van der Waals surface area contributed by atoms with Crippen molar-refractivity contribution in [2.75, 3.05) is 17.6 Å². The van der Waals surface area contributed by atoms with Crippen molar-refractivity contribution in [3.05, 3.63) is 23.8 Å². The van der Waals surface area contributed by atoms with Crippen LogP contribution in [0.5, 0.6) is 0 Å². The molecule has 4 nitrogen and oxygen atoms in total. The lowest BCUT2D eigenvalue weighted by Gasteiger charge is -2.16. The minimum Gasteiger partial charge on any atom is -0.397 e. The molecule has 0 bridgehead atoms. The maximum Gasteiger partial charge on any atom is 0.251 e. The zero-order chi connectivity index (χ0) is 13.8. The minimum absolute atomic E-state index is 0.0506. The van der Waals surface area contributed by atoms with E-state index in [2.05, 4.69) is 17.6 Å². The number of anilines is 2. The van der Waals surface area contributed by atoms with Gasteiger partial charge >= 0.3 is 0 Å². The van der Waals surface area contributed by atoms with E-state index in [9.17, 15) is 4.79 Å². The van der Waals surface area contributed by atoms with Crippen LogP contribution in [0.25, 0.3) is 0 Å². The first-order valence-electron chi connectivity index (χ1n) is 7.04. The van der Waals surface area contributed by atoms with Gasteiger partial charge in [0.2, 0.25) is 0 Å². The lowest BCUT2D eigenvalue weighted by molar-refractivity contribution is 0.0956. The number of amides is 1. The molecule has 1 aromatic rings. The van der Waals surface area contributed by atoms with E-state index in [4.69, 9.17) is 5.73 Å². The van der Waals surface area contributed by atoms with Crippen LogP contribution >= 0.6 is 0 Å². The summed E-state index contributed by atoms with van der Waals surface area (Å²) in [6.07, 6.45) is 3.60. The number of carbonyl (C=O) groups is 1. The van der Waals surface area contributed by atoms with Crippen LogP contribution in [0, 0.1) is 5.92 Å². The smallest absolute Gasteiger partial charge is 0.251 e. The van der Waals surface area contributed by atoms with E-state index in [1.54, 1.807) is 12.1 Å². The summed E-state index contributed by atoms with van der Waals surface area (Å²) in [6.45, 7) is 4.82. The maximum absolute atomic E-state index is 11.8. The second-order valence-corrected chi connectivity index (χ2v) is 5.42. The summed E-state index contributed by atoms with van der Waals surface area (Å²) < 4.78 is 0. The van der Waals surface area contributed by atoms with Crippen LogP contribution in [-0.4, -0.2) is 18.5 Å². The largest absolute Gasteiger partial charge is 0.397 e. The Morgan fingerprint density at radius 2 is 2.21 bits per heavy atom. The van der Waals surface area contributed by atoms with Gasteiger partial charge in [0.1, 0.15) is 0 Å². The van der Waals surface area contributed by atoms with Crippen LogP contribution in [-0.2, 0) is 0 Å². The summed E-state index contributed by atoms with van der Waals surface area (Å²) in [5, 5.41) is 6.27. The Labute approximate surface area is 114 Å². The molecule has 1 aliphatic carbocycles. The molecular formula is C15H23N3O. The summed E-state index contributed by atoms with van der Waals surface area (Å²) in [6, 6.07) is 5.89. The molecule has 0 spiro atoms. The van der Waals surface area contributed by atoms with E-state index in [-0.39, 0.29) is 5.91 Å². The van der Waals surface area contributed by atoms with Crippen LogP contribution in [0.4, 0.5) is 11.4 Å². The standard InChI is InChI=1S/C15H23N3O/c1-3-17-15(19)11-5-7-13(16)14(9-11)18-12-6-4-10(2)8-12/h5,7,9-10,12,18H,3-4,6,8,16H2,1-2H3,(H,17,19). The second kappa shape index (κ2) is 5.95. The summed E-state index contributed by atoms with van der Waals surface area (Å²) in [5.41, 5.74) is 8.22. The Hall–Kier alpha value is -1.71. The molecule has 4 heteroatoms. The molecule has 0 saturated heterocycles. The number of hydrogen-bond acceptors (Lipinski definition) is 3. The third-order valence-electron chi connectivity index (χ3n) is 3.71. The number of benzene rings is 1. The summed E-state index contributed by atoms with van der Waals surface area (Å²) in [7, 11) is 0. The van der Waals surface area contributed by atoms with E-state index in [1.807, 2.05) is 13.0 Å². The number of rotatable bonds is 4. The fourth-order valence-electron chi connectivity index (χ4n) is 2.64. The summed E-state index contributed by atoms with van der Waals surface area (Å²) in [4.78, 5) is 11.8. The van der Waals surface area contributed by atoms with E-state index in [0.29, 0.717) is 23.8 Å². The Morgan fingerprint density at radius 3 is 2.84 bits per heavy atom. The minimum atomic E-state index is -0.0506. The number of nitrogen functional groups attached to an aromatic ring is 1. The van der Waals surface area contributed by atoms with Gasteiger partial charge in [0.05, 0.1) is 11.4 Å². The molecule has 104 valence electrons. The van der Waals surface area contributed by atoms with Crippen LogP contribution in [0.2, 0.25) is 0 Å². The van der Waals surface area contributed by atoms with Crippen molar-refractivity contribution in [3.63, 3.8) is 0 Å². The second-order valence-electron chi connectivity index (χ2n) is 5.42. The van der Waals surface area contributed by atoms with Gasteiger partial charge in [-0.3, -0.25) is 4.79 Å². The van der Waals surface area contributed by atoms with Crippen molar-refractivity contribution in [1.82, 2.24) is 5.32 Å². The van der Waals surface area contributed by atoms with E-state index in [1.165, 1.54) is 19.3 Å². The average molecular weight is 261 g/mol. The van der Waals surface area contributed by atoms with Crippen LogP contribution in [0.3, 0.4) is 0 Å². The third-order valence-corrected chi connectivity index (χ3v) is 3.71. The van der Waals surface area contributed by atoms with Crippen molar-refractivity contribution in [2.45, 2.75) is 39.2 Å². The summed E-state index contributed by atoms with van der Waals surface area (Å²) >= 11 is 0. The highest BCUT2D eigenvalue weighted by atomic mass is 16.1. The number of nitrogens with one attached hydrogen (secondary N) is 2. The number of carbonyl (C=O) groups excluding carboxylic acids is 1. The van der Waals surface area contributed by atoms with Crippen molar-refractivity contribution in [3.8, 4) is 0 Å². The van der Waals surface area contributed by atoms with E-state index in [0.717, 1.165) is 11.6 Å². The van der Waals surface area contributed by atoms with Gasteiger partial charge in [-0.2, -0.15) is 0 Å². The van der Waals surface area contributed by atoms with Crippen molar-refractivity contribution >= 4 is 17.3 Å². The molecule has 19 heavy (non-hydrogen) atoms. The van der Waals surface area contributed by atoms with E-state index >= 15 is 0 Å². The van der Waals surface area contributed by atoms with Crippen LogP contribution < -0.4 is 16.4 Å². The third kappa shape index (κ3) is 3.40. The molecule has 2 rings (SSSR count). The van der Waals surface area contributed by atoms with Crippen LogP contribution in [0.1, 0.15) is 43.5 Å². The average Bonchev–Trinajstić information content (AvgIpc) is 2.78. The fraction of sp³-hybridized carbons (Fsp3) is 0.533. The highest BCUT2D eigenvalue weighted by Crippen LogP contribution is 2.29. The predicted molar refractivity (Wildman–Crippen MR) is 79.3 cm³/mol. The van der Waals surface area contributed by atoms with Gasteiger partial charge < -0.3 is 16.4 Å². The van der Waals surface area contributed by atoms with Crippen molar-refractivity contribution < 1.29 is 4.79 Å². The van der Waals surface area contributed by atoms with Gasteiger partial charge in [-0.1, -0.05) is 6.92 Å². The van der Waals surface area contributed by atoms with Gasteiger partial charge in [-0.05, 0) is 50.3 Å². The zero-order valence-corrected chi connectivity index (χ0v) is 11.7. The Morgan fingerprint density at radius 1 is 1.42 bits per heavy atom. The normalized spacial score (nSPS) is 22.2. The van der Waals surface area contributed by atoms with Gasteiger partial charge in [0, 0.05) is 18.2 Å². The quantitative estimate of drug-likeness (QED) is 0.730. The van der Waals surface area contributed by atoms with Crippen LogP contribution in [0.15, 0.2) is 18.2 Å². The zero-order valence-electron chi connectivity index (χ0n) is 11.7. The highest BCUT2D eigenvalue weighted by molar-refractivity contribution is 5.96. The van der Waals surface area contributed by atoms with E-state index < -0.39 is 0 Å². The predicted octanol–water partition coefficient (Wildman–Crippen LogP) is 2.62. The maximum atomic E-state index is 11.8. The Kier molecular flexibility index (Phi) is 4.30. The lowest BCUT2D eigenvalue weighted by atomic mass is 10.1. The lowest BCUT2D eigenvalue weighted by Crippen LogP contribution is -2.23. The van der Waals surface area contributed by atoms with Gasteiger partial charge in [-0.15, -0.1) is 0 Å². The topological polar surface area (TPSA) is 67.2 Å². The number of nitrogens with two attached hydrogens (primary N) is 1. The molecule has 0 radical (unpaired) electrons. The fourth-order valence-corrected chi connectivity index (χ4v) is 2.64. The Balaban J connectivity index is 2.10. The molecule has 2 unspecified atom stereocenters. The Bertz CT molecular complexity index is 459. The molecule has 2 atom stereocenters. The van der Waals surface area contributed by atoms with Crippen molar-refractivity contribution in [1.29, 1.82) is 0 Å². The first-order chi connectivity index (χ1) is 9.10. The van der Waals surface area contributed by atoms with Gasteiger partial charge in [0.25, 0.3) is 5.91 Å². The molecule has 4 N–H and O–H groups in total. The number of hydrogen-bond donors (Lipinski definition) is 3. The molecule has 1 aliphatic rings. The first-order valence-corrected chi connectivity index (χ1v) is 7.04. The monoisotopic (exact) mass is 261 g/mol. The molecule has 1 saturated carbocycles. The molecule has 1 amide bonds. The van der Waals surface area contributed by atoms with Crippen molar-refractivity contribution in [2.24, 2.45) is 5.92 Å². The molecule has 1 aromatic carbocycles. The van der Waals surface area contributed by atoms with Gasteiger partial charge in [0.15, 0.2) is 0 Å². The molecular weight excluding hydrogens is 238 g/mol. The molecule has 0 aromatic heterocycles. The first kappa shape index (κ1) is 13.7. The molecule has 1 fully saturated rings. The SMILES string of the molecule is CCNC(=O)c1ccc(N)c(NC2CCC(C)C2)c1.